The minimum absolute atomic E-state index is 0.0356. The zero-order valence-corrected chi connectivity index (χ0v) is 13.9. The van der Waals surface area contributed by atoms with Crippen molar-refractivity contribution < 1.29 is 4.74 Å². The quantitative estimate of drug-likeness (QED) is 0.691. The number of fused-ring (bicyclic) bond motifs is 1. The maximum Gasteiger partial charge on any atom is 0.218 e. The van der Waals surface area contributed by atoms with Gasteiger partial charge in [0, 0.05) is 16.5 Å². The summed E-state index contributed by atoms with van der Waals surface area (Å²) in [5, 5.41) is 0.626. The molecule has 1 aliphatic heterocycles. The van der Waals surface area contributed by atoms with E-state index in [1.165, 1.54) is 0 Å². The van der Waals surface area contributed by atoms with Crippen LogP contribution >= 0.6 is 36.8 Å². The Morgan fingerprint density at radius 2 is 2.00 bits per heavy atom. The van der Waals surface area contributed by atoms with Crippen molar-refractivity contribution in [3.63, 3.8) is 0 Å². The van der Waals surface area contributed by atoms with Crippen LogP contribution in [0.3, 0.4) is 0 Å². The maximum atomic E-state index is 6.02. The largest absolute Gasteiger partial charge is 0.469 e. The van der Waals surface area contributed by atoms with E-state index in [1.54, 1.807) is 6.20 Å². The van der Waals surface area contributed by atoms with Crippen LogP contribution in [0.5, 0.6) is 5.88 Å². The topological polar surface area (TPSA) is 22.1 Å². The number of pyridine rings is 1. The van der Waals surface area contributed by atoms with Crippen molar-refractivity contribution >= 4 is 36.8 Å². The highest BCUT2D eigenvalue weighted by atomic mass is 79.9. The molecule has 0 fully saturated rings. The van der Waals surface area contributed by atoms with Crippen LogP contribution in [-0.4, -0.2) is 11.6 Å². The van der Waals surface area contributed by atoms with Gasteiger partial charge in [-0.05, 0) is 21.5 Å². The molecule has 0 N–H and O–H groups in total. The Balaban J connectivity index is 0.000000637. The number of nitrogens with zero attached hydrogens (tertiary/aromatic N) is 1. The summed E-state index contributed by atoms with van der Waals surface area (Å²) < 4.78 is 6.72. The van der Waals surface area contributed by atoms with Crippen molar-refractivity contribution in [2.75, 3.05) is 6.66 Å². The van der Waals surface area contributed by atoms with Crippen LogP contribution in [-0.2, 0) is 6.42 Å². The lowest BCUT2D eigenvalue weighted by atomic mass is 10.0. The predicted octanol–water partition coefficient (Wildman–Crippen LogP) is 4.67. The number of rotatable bonds is 1. The van der Waals surface area contributed by atoms with Gasteiger partial charge >= 0.3 is 0 Å². The Labute approximate surface area is 128 Å². The summed E-state index contributed by atoms with van der Waals surface area (Å²) in [6.07, 6.45) is 2.44. The monoisotopic (exact) mass is 357 g/mol. The second-order valence-corrected chi connectivity index (χ2v) is 5.13. The van der Waals surface area contributed by atoms with Gasteiger partial charge in [-0.3, -0.25) is 0 Å². The van der Waals surface area contributed by atoms with Gasteiger partial charge in [-0.1, -0.05) is 48.6 Å². The summed E-state index contributed by atoms with van der Waals surface area (Å²) in [6, 6.07) is 10.1. The van der Waals surface area contributed by atoms with E-state index in [9.17, 15) is 0 Å². The van der Waals surface area contributed by atoms with E-state index in [1.807, 2.05) is 24.9 Å². The van der Waals surface area contributed by atoms with Crippen LogP contribution in [0, 0.1) is 0 Å². The Morgan fingerprint density at radius 1 is 1.32 bits per heavy atom. The van der Waals surface area contributed by atoms with Gasteiger partial charge in [0.15, 0.2) is 0 Å². The number of hydrogen-bond acceptors (Lipinski definition) is 2. The third kappa shape index (κ3) is 3.10. The molecule has 2 atom stereocenters. The fourth-order valence-corrected chi connectivity index (χ4v) is 2.58. The van der Waals surface area contributed by atoms with Crippen molar-refractivity contribution in [2.45, 2.75) is 12.5 Å². The zero-order chi connectivity index (χ0) is 13.8. The fraction of sp³-hybridized carbons (Fsp3) is 0.214. The Kier molecular flexibility index (Phi) is 5.20. The first-order valence-corrected chi connectivity index (χ1v) is 8.20. The molecule has 2 aromatic rings. The molecule has 0 bridgehead atoms. The lowest BCUT2D eigenvalue weighted by molar-refractivity contribution is 0.230. The molecule has 2 unspecified atom stereocenters. The number of benzene rings is 1. The van der Waals surface area contributed by atoms with Crippen molar-refractivity contribution in [1.82, 2.24) is 4.98 Å². The Hall–Kier alpha value is -0.630. The third-order valence-electron chi connectivity index (χ3n) is 2.84. The second kappa shape index (κ2) is 6.69. The highest BCUT2D eigenvalue weighted by molar-refractivity contribution is 9.10. The molecule has 1 aromatic carbocycles. The van der Waals surface area contributed by atoms with Crippen LogP contribution in [0.25, 0.3) is 0 Å². The maximum absolute atomic E-state index is 6.02. The number of aromatic nitrogens is 1. The minimum Gasteiger partial charge on any atom is -0.469 e. The third-order valence-corrected chi connectivity index (χ3v) is 4.26. The van der Waals surface area contributed by atoms with Gasteiger partial charge in [-0.2, -0.15) is 0 Å². The van der Waals surface area contributed by atoms with Crippen LogP contribution in [0.2, 0.25) is 5.02 Å². The average Bonchev–Trinajstić information content (AvgIpc) is 2.91. The smallest absolute Gasteiger partial charge is 0.218 e. The molecule has 0 saturated carbocycles. The first-order valence-electron chi connectivity index (χ1n) is 5.88. The Morgan fingerprint density at radius 3 is 2.68 bits per heavy atom. The molecule has 0 aliphatic carbocycles. The van der Waals surface area contributed by atoms with Crippen molar-refractivity contribution in [3.8, 4) is 5.88 Å². The molecule has 0 saturated heterocycles. The molecular formula is C14H14BrClNOP. The summed E-state index contributed by atoms with van der Waals surface area (Å²) in [7, 11) is 2.42. The minimum atomic E-state index is 0.0356. The van der Waals surface area contributed by atoms with Gasteiger partial charge in [0.25, 0.3) is 0 Å². The fourth-order valence-electron chi connectivity index (χ4n) is 1.98. The average molecular weight is 359 g/mol. The van der Waals surface area contributed by atoms with E-state index in [4.69, 9.17) is 16.3 Å². The van der Waals surface area contributed by atoms with Crippen molar-refractivity contribution in [3.05, 3.63) is 57.2 Å². The molecule has 2 heterocycles. The molecule has 0 amide bonds. The van der Waals surface area contributed by atoms with Gasteiger partial charge in [-0.15, -0.1) is 9.24 Å². The first kappa shape index (κ1) is 14.8. The van der Waals surface area contributed by atoms with Gasteiger partial charge in [0.2, 0.25) is 5.88 Å². The van der Waals surface area contributed by atoms with E-state index < -0.39 is 0 Å². The number of hydrogen-bond donors (Lipinski definition) is 0. The molecule has 1 aliphatic rings. The van der Waals surface area contributed by atoms with E-state index in [2.05, 4.69) is 42.3 Å². The van der Waals surface area contributed by atoms with Crippen LogP contribution in [0.4, 0.5) is 0 Å². The summed E-state index contributed by atoms with van der Waals surface area (Å²) in [5.74, 6) is 0.676. The van der Waals surface area contributed by atoms with Gasteiger partial charge in [-0.25, -0.2) is 4.98 Å². The molecule has 3 rings (SSSR count). The molecule has 5 heteroatoms. The Bertz CT molecular complexity index is 565. The highest BCUT2D eigenvalue weighted by Gasteiger charge is 2.28. The van der Waals surface area contributed by atoms with Gasteiger partial charge < -0.3 is 4.74 Å². The summed E-state index contributed by atoms with van der Waals surface area (Å²) >= 11 is 9.50. The van der Waals surface area contributed by atoms with Crippen LogP contribution in [0.15, 0.2) is 41.0 Å². The molecule has 0 spiro atoms. The van der Waals surface area contributed by atoms with Crippen molar-refractivity contribution in [2.24, 2.45) is 0 Å². The second-order valence-electron chi connectivity index (χ2n) is 3.93. The molecule has 19 heavy (non-hydrogen) atoms. The predicted molar refractivity (Wildman–Crippen MR) is 86.1 cm³/mol. The SMILES string of the molecule is CP.Clc1cnc2c(c1Br)CC(c1ccccc1)O2. The normalized spacial score (nSPS) is 16.1. The summed E-state index contributed by atoms with van der Waals surface area (Å²) in [5.41, 5.74) is 2.21. The number of ether oxygens (including phenoxy) is 1. The van der Waals surface area contributed by atoms with Gasteiger partial charge in [0.1, 0.15) is 6.10 Å². The molecule has 0 radical (unpaired) electrons. The molecule has 100 valence electrons. The van der Waals surface area contributed by atoms with Crippen LogP contribution in [0.1, 0.15) is 17.2 Å². The van der Waals surface area contributed by atoms with E-state index in [-0.39, 0.29) is 6.10 Å². The van der Waals surface area contributed by atoms with E-state index in [0.29, 0.717) is 10.9 Å². The summed E-state index contributed by atoms with van der Waals surface area (Å²) in [4.78, 5) is 4.21. The first-order chi connectivity index (χ1) is 9.25. The van der Waals surface area contributed by atoms with Crippen LogP contribution < -0.4 is 4.74 Å². The lowest BCUT2D eigenvalue weighted by Gasteiger charge is -2.09. The van der Waals surface area contributed by atoms with E-state index in [0.717, 1.165) is 22.0 Å². The standard InChI is InChI=1S/C13H9BrClNO.CH5P/c14-12-9-6-11(8-4-2-1-3-5-8)17-13(9)16-7-10(12)15;1-2/h1-5,7,11H,6H2;2H2,1H3. The molecular weight excluding hydrogens is 344 g/mol. The lowest BCUT2D eigenvalue weighted by Crippen LogP contribution is -2.02. The highest BCUT2D eigenvalue weighted by Crippen LogP contribution is 2.41. The summed E-state index contributed by atoms with van der Waals surface area (Å²) in [6.45, 7) is 1.92. The zero-order valence-electron chi connectivity index (χ0n) is 10.4. The number of halogens is 2. The van der Waals surface area contributed by atoms with Crippen molar-refractivity contribution in [1.29, 1.82) is 0 Å². The van der Waals surface area contributed by atoms with Gasteiger partial charge in [0.05, 0.1) is 11.2 Å². The molecule has 1 aromatic heterocycles. The molecule has 2 nitrogen and oxygen atoms in total. The van der Waals surface area contributed by atoms with E-state index >= 15 is 0 Å².